The molecule has 1 unspecified atom stereocenters. The highest BCUT2D eigenvalue weighted by Gasteiger charge is 2.62. The van der Waals surface area contributed by atoms with E-state index in [0.29, 0.717) is 24.8 Å². The molecule has 0 bridgehead atoms. The molecule has 4 heteroatoms. The summed E-state index contributed by atoms with van der Waals surface area (Å²) in [4.78, 5) is 10.8. The molecule has 4 nitrogen and oxygen atoms in total. The fraction of sp³-hybridized carbons (Fsp3) is 0.647. The lowest BCUT2D eigenvalue weighted by molar-refractivity contribution is -0.131. The Hall–Kier alpha value is -1.78. The van der Waals surface area contributed by atoms with Crippen LogP contribution in [0.25, 0.3) is 0 Å². The summed E-state index contributed by atoms with van der Waals surface area (Å²) < 4.78 is 0. The molecular weight excluding hydrogens is 266 g/mol. The zero-order valence-corrected chi connectivity index (χ0v) is 12.4. The van der Waals surface area contributed by atoms with Crippen LogP contribution in [0.1, 0.15) is 51.9 Å². The average molecular weight is 287 g/mol. The summed E-state index contributed by atoms with van der Waals surface area (Å²) >= 11 is 0. The monoisotopic (exact) mass is 287 g/mol. The highest BCUT2D eigenvalue weighted by Crippen LogP contribution is 2.58. The van der Waals surface area contributed by atoms with Gasteiger partial charge in [0, 0.05) is 17.6 Å². The summed E-state index contributed by atoms with van der Waals surface area (Å²) in [5, 5.41) is 29.4. The molecule has 0 aliphatic heterocycles. The van der Waals surface area contributed by atoms with Gasteiger partial charge in [0.2, 0.25) is 0 Å². The second-order valence-corrected chi connectivity index (χ2v) is 6.05. The number of carboxylic acid groups (broad SMARTS) is 1. The SMILES string of the molecule is CC/C(C#CC(O)(C1CCCC1)C1(C#N)CC1)=C/C(=O)O. The number of hydrogen-bond acceptors (Lipinski definition) is 3. The van der Waals surface area contributed by atoms with E-state index in [-0.39, 0.29) is 5.92 Å². The molecule has 0 aromatic carbocycles. The highest BCUT2D eigenvalue weighted by molar-refractivity contribution is 5.81. The Kier molecular flexibility index (Phi) is 4.40. The minimum Gasteiger partial charge on any atom is -0.478 e. The van der Waals surface area contributed by atoms with Gasteiger partial charge in [0.25, 0.3) is 0 Å². The van der Waals surface area contributed by atoms with Gasteiger partial charge in [-0.1, -0.05) is 31.6 Å². The third-order valence-electron chi connectivity index (χ3n) is 4.73. The maximum Gasteiger partial charge on any atom is 0.329 e. The van der Waals surface area contributed by atoms with Crippen molar-refractivity contribution in [3.8, 4) is 17.9 Å². The van der Waals surface area contributed by atoms with Crippen LogP contribution < -0.4 is 0 Å². The lowest BCUT2D eigenvalue weighted by Crippen LogP contribution is -2.44. The van der Waals surface area contributed by atoms with Crippen LogP contribution in [0.2, 0.25) is 0 Å². The van der Waals surface area contributed by atoms with Crippen LogP contribution >= 0.6 is 0 Å². The second-order valence-electron chi connectivity index (χ2n) is 6.05. The van der Waals surface area contributed by atoms with Crippen molar-refractivity contribution in [2.24, 2.45) is 11.3 Å². The van der Waals surface area contributed by atoms with E-state index in [9.17, 15) is 15.2 Å². The molecule has 0 aromatic heterocycles. The Balaban J connectivity index is 2.34. The minimum absolute atomic E-state index is 0.0232. The summed E-state index contributed by atoms with van der Waals surface area (Å²) in [6.07, 6.45) is 6.82. The number of aliphatic carboxylic acids is 1. The standard InChI is InChI=1S/C17H21NO3/c1-2-13(11-15(19)20)7-8-17(21,14-5-3-4-6-14)16(12-18)9-10-16/h11,14,21H,2-6,9-10H2,1H3,(H,19,20)/b13-11-. The molecule has 0 amide bonds. The van der Waals surface area contributed by atoms with Crippen LogP contribution in [0.15, 0.2) is 11.6 Å². The largest absolute Gasteiger partial charge is 0.478 e. The van der Waals surface area contributed by atoms with Crippen molar-refractivity contribution in [3.05, 3.63) is 11.6 Å². The van der Waals surface area contributed by atoms with E-state index in [0.717, 1.165) is 31.8 Å². The molecule has 1 atom stereocenters. The van der Waals surface area contributed by atoms with Gasteiger partial charge in [-0.2, -0.15) is 5.26 Å². The first kappa shape index (κ1) is 15.6. The topological polar surface area (TPSA) is 81.3 Å². The van der Waals surface area contributed by atoms with Crippen molar-refractivity contribution in [2.45, 2.75) is 57.5 Å². The van der Waals surface area contributed by atoms with E-state index in [4.69, 9.17) is 5.11 Å². The average Bonchev–Trinajstić information content (AvgIpc) is 3.08. The lowest BCUT2D eigenvalue weighted by atomic mass is 9.74. The predicted molar refractivity (Wildman–Crippen MR) is 78.0 cm³/mol. The van der Waals surface area contributed by atoms with Crippen LogP contribution in [0.4, 0.5) is 0 Å². The maximum atomic E-state index is 11.1. The molecule has 112 valence electrons. The summed E-state index contributed by atoms with van der Waals surface area (Å²) in [7, 11) is 0. The van der Waals surface area contributed by atoms with Crippen LogP contribution in [0.3, 0.4) is 0 Å². The first-order valence-corrected chi connectivity index (χ1v) is 7.58. The van der Waals surface area contributed by atoms with Crippen molar-refractivity contribution in [3.63, 3.8) is 0 Å². The Morgan fingerprint density at radius 3 is 2.48 bits per heavy atom. The quantitative estimate of drug-likeness (QED) is 0.615. The molecule has 0 heterocycles. The smallest absolute Gasteiger partial charge is 0.329 e. The zero-order valence-electron chi connectivity index (χ0n) is 12.4. The van der Waals surface area contributed by atoms with Crippen molar-refractivity contribution in [1.29, 1.82) is 5.26 Å². The van der Waals surface area contributed by atoms with Gasteiger partial charge in [-0.05, 0) is 32.1 Å². The van der Waals surface area contributed by atoms with Crippen molar-refractivity contribution < 1.29 is 15.0 Å². The van der Waals surface area contributed by atoms with Crippen molar-refractivity contribution in [2.75, 3.05) is 0 Å². The van der Waals surface area contributed by atoms with Crippen molar-refractivity contribution in [1.82, 2.24) is 0 Å². The fourth-order valence-corrected chi connectivity index (χ4v) is 3.21. The van der Waals surface area contributed by atoms with E-state index in [2.05, 4.69) is 17.9 Å². The van der Waals surface area contributed by atoms with E-state index >= 15 is 0 Å². The van der Waals surface area contributed by atoms with Crippen LogP contribution in [0.5, 0.6) is 0 Å². The van der Waals surface area contributed by atoms with E-state index in [1.807, 2.05) is 6.92 Å². The van der Waals surface area contributed by atoms with E-state index in [1.165, 1.54) is 0 Å². The number of nitriles is 1. The fourth-order valence-electron chi connectivity index (χ4n) is 3.21. The van der Waals surface area contributed by atoms with Gasteiger partial charge in [-0.15, -0.1) is 0 Å². The summed E-state index contributed by atoms with van der Waals surface area (Å²) in [5.74, 6) is 4.72. The van der Waals surface area contributed by atoms with E-state index in [1.54, 1.807) is 0 Å². The molecule has 2 N–H and O–H groups in total. The molecule has 2 saturated carbocycles. The van der Waals surface area contributed by atoms with Gasteiger partial charge in [0.15, 0.2) is 0 Å². The zero-order chi connectivity index (χ0) is 15.5. The maximum absolute atomic E-state index is 11.1. The van der Waals surface area contributed by atoms with E-state index < -0.39 is 17.0 Å². The third-order valence-corrected chi connectivity index (χ3v) is 4.73. The Morgan fingerprint density at radius 1 is 1.43 bits per heavy atom. The molecular formula is C17H21NO3. The number of hydrogen-bond donors (Lipinski definition) is 2. The van der Waals surface area contributed by atoms with Gasteiger partial charge in [0.05, 0.1) is 11.5 Å². The summed E-state index contributed by atoms with van der Waals surface area (Å²) in [6.45, 7) is 1.83. The minimum atomic E-state index is -1.30. The Labute approximate surface area is 125 Å². The predicted octanol–water partition coefficient (Wildman–Crippen LogP) is 2.64. The van der Waals surface area contributed by atoms with Gasteiger partial charge < -0.3 is 10.2 Å². The number of nitrogens with zero attached hydrogens (tertiary/aromatic N) is 1. The molecule has 2 rings (SSSR count). The normalized spacial score (nSPS) is 23.6. The van der Waals surface area contributed by atoms with Crippen LogP contribution in [-0.4, -0.2) is 21.8 Å². The Morgan fingerprint density at radius 2 is 2.05 bits per heavy atom. The van der Waals surface area contributed by atoms with Crippen molar-refractivity contribution >= 4 is 5.97 Å². The van der Waals surface area contributed by atoms with Gasteiger partial charge in [-0.3, -0.25) is 0 Å². The van der Waals surface area contributed by atoms with Gasteiger partial charge in [-0.25, -0.2) is 4.79 Å². The number of aliphatic hydroxyl groups is 1. The molecule has 0 saturated heterocycles. The first-order valence-electron chi connectivity index (χ1n) is 7.58. The number of carbonyl (C=O) groups is 1. The molecule has 21 heavy (non-hydrogen) atoms. The molecule has 0 aromatic rings. The highest BCUT2D eigenvalue weighted by atomic mass is 16.4. The van der Waals surface area contributed by atoms with Gasteiger partial charge in [0.1, 0.15) is 5.60 Å². The molecule has 2 aliphatic carbocycles. The number of rotatable bonds is 4. The van der Waals surface area contributed by atoms with Gasteiger partial charge >= 0.3 is 5.97 Å². The molecule has 2 fully saturated rings. The molecule has 0 spiro atoms. The third kappa shape index (κ3) is 2.96. The van der Waals surface area contributed by atoms with Crippen LogP contribution in [-0.2, 0) is 4.79 Å². The molecule has 0 radical (unpaired) electrons. The lowest BCUT2D eigenvalue weighted by Gasteiger charge is -2.33. The number of allylic oxidation sites excluding steroid dienone is 1. The summed E-state index contributed by atoms with van der Waals surface area (Å²) in [5.41, 5.74) is -1.57. The molecule has 2 aliphatic rings. The van der Waals surface area contributed by atoms with Crippen LogP contribution in [0, 0.1) is 34.5 Å². The number of carboxylic acids is 1. The first-order chi connectivity index (χ1) is 9.97. The summed E-state index contributed by atoms with van der Waals surface area (Å²) in [6, 6.07) is 2.26. The second kappa shape index (κ2) is 5.92. The Bertz CT molecular complexity index is 551.